The third-order valence-corrected chi connectivity index (χ3v) is 2.95. The fraction of sp³-hybridized carbons (Fsp3) is 0.714. The number of piperidine rings is 1. The molecule has 0 radical (unpaired) electrons. The summed E-state index contributed by atoms with van der Waals surface area (Å²) in [6, 6.07) is -1.20. The summed E-state index contributed by atoms with van der Waals surface area (Å²) < 4.78 is 35.3. The number of fused-ring (bicyclic) bond motifs is 2. The van der Waals surface area contributed by atoms with Crippen molar-refractivity contribution in [1.29, 1.82) is 0 Å². The van der Waals surface area contributed by atoms with Crippen LogP contribution in [-0.2, 0) is 14.7 Å². The molecule has 2 rings (SSSR count). The van der Waals surface area contributed by atoms with Gasteiger partial charge in [0.1, 0.15) is 0 Å². The predicted octanol–water partition coefficient (Wildman–Crippen LogP) is -3.47. The number of hydrogen-bond acceptors (Lipinski definition) is 5. The summed E-state index contributed by atoms with van der Waals surface area (Å²) in [6.07, 6.45) is 0.315. The summed E-state index contributed by atoms with van der Waals surface area (Å²) in [5.74, 6) is 0. The van der Waals surface area contributed by atoms with Crippen LogP contribution in [0.1, 0.15) is 12.8 Å². The van der Waals surface area contributed by atoms with Gasteiger partial charge in [-0.05, 0) is 6.42 Å². The number of carbonyl (C=O) groups excluding carboxylic acids is 1. The second-order valence-electron chi connectivity index (χ2n) is 3.58. The number of rotatable bonds is 2. The van der Waals surface area contributed by atoms with E-state index in [-0.39, 0.29) is 36.1 Å². The number of nitrogens with zero attached hydrogens (tertiary/aromatic N) is 3. The average Bonchev–Trinajstić information content (AvgIpc) is 2.43. The molecule has 0 spiro atoms. The summed E-state index contributed by atoms with van der Waals surface area (Å²) in [5, 5.41) is 0.563. The summed E-state index contributed by atoms with van der Waals surface area (Å²) in [6.45, 7) is 7.10. The van der Waals surface area contributed by atoms with Crippen molar-refractivity contribution in [3.8, 4) is 0 Å². The number of amides is 2. The van der Waals surface area contributed by atoms with Gasteiger partial charge in [-0.15, -0.1) is 0 Å². The van der Waals surface area contributed by atoms with E-state index >= 15 is 0 Å². The molecule has 0 unspecified atom stereocenters. The van der Waals surface area contributed by atoms with Crippen LogP contribution in [0.2, 0.25) is 0 Å². The Labute approximate surface area is 121 Å². The van der Waals surface area contributed by atoms with Crippen molar-refractivity contribution >= 4 is 16.4 Å². The first-order valence-corrected chi connectivity index (χ1v) is 5.87. The van der Waals surface area contributed by atoms with E-state index in [2.05, 4.69) is 9.13 Å². The van der Waals surface area contributed by atoms with Gasteiger partial charge < -0.3 is 4.55 Å². The van der Waals surface area contributed by atoms with Crippen LogP contribution >= 0.6 is 0 Å². The van der Waals surface area contributed by atoms with E-state index in [1.807, 2.05) is 0 Å². The normalized spacial score (nSPS) is 27.6. The molecule has 0 aromatic carbocycles. The van der Waals surface area contributed by atoms with Crippen LogP contribution in [0.4, 0.5) is 4.79 Å². The molecule has 2 bridgehead atoms. The van der Waals surface area contributed by atoms with Crippen molar-refractivity contribution < 1.29 is 51.6 Å². The van der Waals surface area contributed by atoms with Gasteiger partial charge in [0.05, 0.1) is 12.6 Å². The van der Waals surface area contributed by atoms with Gasteiger partial charge in [0, 0.05) is 6.42 Å². The molecule has 2 saturated heterocycles. The zero-order valence-corrected chi connectivity index (χ0v) is 11.9. The third kappa shape index (κ3) is 2.90. The summed E-state index contributed by atoms with van der Waals surface area (Å²) in [7, 11) is -4.95. The first kappa shape index (κ1) is 14.7. The van der Waals surface area contributed by atoms with Crippen LogP contribution in [0.15, 0.2) is 0 Å². The van der Waals surface area contributed by atoms with Crippen molar-refractivity contribution in [2.24, 2.45) is 0 Å². The molecule has 2 fully saturated rings. The SMILES string of the molecule is [C-]#[N+][C@@H]1CC[C@H]2CN1C(=O)N2OS(=O)(=O)[O-].[Na+]. The Kier molecular flexibility index (Phi) is 4.40. The summed E-state index contributed by atoms with van der Waals surface area (Å²) in [4.78, 5) is 16.1. The minimum absolute atomic E-state index is 0. The van der Waals surface area contributed by atoms with Gasteiger partial charge in [0.2, 0.25) is 10.4 Å². The van der Waals surface area contributed by atoms with Gasteiger partial charge in [0.25, 0.3) is 0 Å². The quantitative estimate of drug-likeness (QED) is 0.225. The van der Waals surface area contributed by atoms with Gasteiger partial charge in [-0.25, -0.2) is 19.8 Å². The molecular formula is C7H8N3NaO5S. The van der Waals surface area contributed by atoms with E-state index in [9.17, 15) is 17.8 Å². The van der Waals surface area contributed by atoms with Gasteiger partial charge >= 0.3 is 41.8 Å². The van der Waals surface area contributed by atoms with Crippen molar-refractivity contribution in [1.82, 2.24) is 9.96 Å². The number of urea groups is 1. The van der Waals surface area contributed by atoms with Crippen molar-refractivity contribution in [2.75, 3.05) is 6.54 Å². The Morgan fingerprint density at radius 3 is 2.65 bits per heavy atom. The zero-order valence-electron chi connectivity index (χ0n) is 9.07. The van der Waals surface area contributed by atoms with Crippen LogP contribution in [0.3, 0.4) is 0 Å². The second kappa shape index (κ2) is 5.09. The topological polar surface area (TPSA) is 94.3 Å². The van der Waals surface area contributed by atoms with Gasteiger partial charge in [-0.3, -0.25) is 9.74 Å². The largest absolute Gasteiger partial charge is 1.00 e. The minimum atomic E-state index is -4.95. The standard InChI is InChI=1S/C7H9N3O5S.Na/c1-8-6-3-2-5-4-9(6)7(11)10(5)15-16(12,13)14;/h5-6H,2-4H2,(H,12,13,14);/q;+1/p-1/t5-,6-;/m0./s1. The molecule has 17 heavy (non-hydrogen) atoms. The first-order chi connectivity index (χ1) is 7.42. The number of hydrogen-bond donors (Lipinski definition) is 0. The van der Waals surface area contributed by atoms with Crippen LogP contribution in [-0.4, -0.2) is 47.7 Å². The maximum absolute atomic E-state index is 11.6. The van der Waals surface area contributed by atoms with Crippen molar-refractivity contribution in [3.63, 3.8) is 0 Å². The molecule has 8 nitrogen and oxygen atoms in total. The third-order valence-electron chi connectivity index (χ3n) is 2.61. The molecule has 88 valence electrons. The maximum atomic E-state index is 11.6. The van der Waals surface area contributed by atoms with E-state index in [0.717, 1.165) is 0 Å². The Bertz CT molecular complexity index is 461. The molecule has 2 aliphatic rings. The fourth-order valence-corrected chi connectivity index (χ4v) is 2.32. The van der Waals surface area contributed by atoms with E-state index < -0.39 is 28.6 Å². The average molecular weight is 269 g/mol. The molecule has 10 heteroatoms. The van der Waals surface area contributed by atoms with E-state index in [4.69, 9.17) is 6.57 Å². The van der Waals surface area contributed by atoms with E-state index in [1.54, 1.807) is 0 Å². The molecular weight excluding hydrogens is 261 g/mol. The molecule has 0 N–H and O–H groups in total. The molecule has 2 amide bonds. The molecule has 2 aliphatic heterocycles. The molecule has 2 heterocycles. The van der Waals surface area contributed by atoms with Crippen molar-refractivity contribution in [2.45, 2.75) is 25.0 Å². The van der Waals surface area contributed by atoms with E-state index in [0.29, 0.717) is 17.9 Å². The Hall–Kier alpha value is -0.370. The Morgan fingerprint density at radius 1 is 1.47 bits per heavy atom. The molecule has 0 aromatic heterocycles. The van der Waals surface area contributed by atoms with Crippen LogP contribution in [0.25, 0.3) is 4.85 Å². The van der Waals surface area contributed by atoms with Crippen LogP contribution < -0.4 is 29.6 Å². The van der Waals surface area contributed by atoms with Gasteiger partial charge in [0.15, 0.2) is 0 Å². The predicted molar refractivity (Wildman–Crippen MR) is 48.1 cm³/mol. The molecule has 0 saturated carbocycles. The fourth-order valence-electron chi connectivity index (χ4n) is 1.94. The minimum Gasteiger partial charge on any atom is -0.724 e. The Balaban J connectivity index is 0.00000144. The summed E-state index contributed by atoms with van der Waals surface area (Å²) >= 11 is 0. The monoisotopic (exact) mass is 269 g/mol. The van der Waals surface area contributed by atoms with Crippen molar-refractivity contribution in [3.05, 3.63) is 11.4 Å². The van der Waals surface area contributed by atoms with Gasteiger partial charge in [-0.2, -0.15) is 9.35 Å². The van der Waals surface area contributed by atoms with E-state index in [1.165, 1.54) is 4.90 Å². The van der Waals surface area contributed by atoms with Gasteiger partial charge in [-0.1, -0.05) is 0 Å². The Morgan fingerprint density at radius 2 is 2.12 bits per heavy atom. The zero-order chi connectivity index (χ0) is 11.9. The maximum Gasteiger partial charge on any atom is 1.00 e. The number of hydroxylamine groups is 2. The first-order valence-electron chi connectivity index (χ1n) is 4.54. The number of carbonyl (C=O) groups is 1. The molecule has 0 aromatic rings. The van der Waals surface area contributed by atoms with Crippen LogP contribution in [0, 0.1) is 6.57 Å². The van der Waals surface area contributed by atoms with Crippen LogP contribution in [0.5, 0.6) is 0 Å². The molecule has 0 aliphatic carbocycles. The molecule has 2 atom stereocenters. The second-order valence-corrected chi connectivity index (χ2v) is 4.55. The smallest absolute Gasteiger partial charge is 0.724 e. The summed E-state index contributed by atoms with van der Waals surface area (Å²) in [5.41, 5.74) is 0.